The number of rotatable bonds is 6. The fourth-order valence-corrected chi connectivity index (χ4v) is 1.75. The number of nitriles is 1. The van der Waals surface area contributed by atoms with Crippen LogP contribution < -0.4 is 5.32 Å². The largest absolute Gasteiger partial charge is 0.315 e. The molecule has 2 nitrogen and oxygen atoms in total. The first-order chi connectivity index (χ1) is 5.98. The van der Waals surface area contributed by atoms with Gasteiger partial charge in [-0.05, 0) is 17.8 Å². The van der Waals surface area contributed by atoms with Crippen LogP contribution in [-0.4, -0.2) is 13.1 Å². The van der Waals surface area contributed by atoms with Crippen molar-refractivity contribution in [2.24, 2.45) is 11.3 Å². The van der Waals surface area contributed by atoms with Crippen molar-refractivity contribution in [3.63, 3.8) is 0 Å². The predicted octanol–water partition coefficient (Wildman–Crippen LogP) is 2.56. The van der Waals surface area contributed by atoms with Crippen molar-refractivity contribution in [2.75, 3.05) is 13.1 Å². The quantitative estimate of drug-likeness (QED) is 0.641. The maximum absolute atomic E-state index is 8.35. The van der Waals surface area contributed by atoms with Gasteiger partial charge in [0.1, 0.15) is 0 Å². The van der Waals surface area contributed by atoms with E-state index in [0.717, 1.165) is 19.0 Å². The van der Waals surface area contributed by atoms with Gasteiger partial charge in [0.2, 0.25) is 0 Å². The first-order valence-electron chi connectivity index (χ1n) is 5.05. The number of hydrogen-bond acceptors (Lipinski definition) is 2. The highest BCUT2D eigenvalue weighted by atomic mass is 14.9. The van der Waals surface area contributed by atoms with Gasteiger partial charge in [0.25, 0.3) is 0 Å². The summed E-state index contributed by atoms with van der Waals surface area (Å²) in [4.78, 5) is 0. The van der Waals surface area contributed by atoms with Gasteiger partial charge in [-0.3, -0.25) is 0 Å². The molecule has 0 aliphatic rings. The third kappa shape index (κ3) is 7.80. The van der Waals surface area contributed by atoms with Crippen LogP contribution in [0.3, 0.4) is 0 Å². The highest BCUT2D eigenvalue weighted by molar-refractivity contribution is 4.75. The second-order valence-electron chi connectivity index (χ2n) is 4.85. The molecule has 0 radical (unpaired) electrons. The van der Waals surface area contributed by atoms with E-state index in [4.69, 9.17) is 5.26 Å². The summed E-state index contributed by atoms with van der Waals surface area (Å²) >= 11 is 0. The van der Waals surface area contributed by atoms with E-state index >= 15 is 0 Å². The molecule has 1 N–H and O–H groups in total. The Morgan fingerprint density at radius 1 is 1.38 bits per heavy atom. The van der Waals surface area contributed by atoms with Gasteiger partial charge < -0.3 is 5.32 Å². The van der Waals surface area contributed by atoms with Crippen LogP contribution in [0.25, 0.3) is 0 Å². The molecule has 2 heteroatoms. The molecule has 0 aromatic rings. The average molecular weight is 182 g/mol. The summed E-state index contributed by atoms with van der Waals surface area (Å²) in [6, 6.07) is 2.13. The van der Waals surface area contributed by atoms with Gasteiger partial charge in [0, 0.05) is 19.5 Å². The maximum Gasteiger partial charge on any atom is 0.0635 e. The molecule has 0 bridgehead atoms. The number of nitrogens with zero attached hydrogens (tertiary/aromatic N) is 1. The van der Waals surface area contributed by atoms with Crippen LogP contribution in [0.15, 0.2) is 0 Å². The van der Waals surface area contributed by atoms with Gasteiger partial charge >= 0.3 is 0 Å². The van der Waals surface area contributed by atoms with Gasteiger partial charge in [0.05, 0.1) is 6.07 Å². The molecule has 0 aliphatic heterocycles. The molecular formula is C11H22N2. The SMILES string of the molecule is CC(C)CC(C)(C)CNCCC#N. The van der Waals surface area contributed by atoms with Crippen molar-refractivity contribution in [3.8, 4) is 6.07 Å². The lowest BCUT2D eigenvalue weighted by molar-refractivity contribution is 0.274. The Morgan fingerprint density at radius 2 is 2.00 bits per heavy atom. The Hall–Kier alpha value is -0.550. The van der Waals surface area contributed by atoms with E-state index in [2.05, 4.69) is 39.1 Å². The first kappa shape index (κ1) is 12.4. The Kier molecular flexibility index (Phi) is 5.73. The van der Waals surface area contributed by atoms with Gasteiger partial charge in [-0.15, -0.1) is 0 Å². The minimum Gasteiger partial charge on any atom is -0.315 e. The standard InChI is InChI=1S/C11H22N2/c1-10(2)8-11(3,4)9-13-7-5-6-12/h10,13H,5,7-9H2,1-4H3. The van der Waals surface area contributed by atoms with E-state index in [0.29, 0.717) is 11.8 Å². The monoisotopic (exact) mass is 182 g/mol. The fourth-order valence-electron chi connectivity index (χ4n) is 1.75. The van der Waals surface area contributed by atoms with Crippen molar-refractivity contribution in [3.05, 3.63) is 0 Å². The van der Waals surface area contributed by atoms with Crippen LogP contribution in [0.5, 0.6) is 0 Å². The van der Waals surface area contributed by atoms with E-state index in [1.54, 1.807) is 0 Å². The molecular weight excluding hydrogens is 160 g/mol. The lowest BCUT2D eigenvalue weighted by Gasteiger charge is -2.26. The summed E-state index contributed by atoms with van der Waals surface area (Å²) in [7, 11) is 0. The molecule has 0 heterocycles. The predicted molar refractivity (Wildman–Crippen MR) is 56.3 cm³/mol. The topological polar surface area (TPSA) is 35.8 Å². The first-order valence-corrected chi connectivity index (χ1v) is 5.05. The lowest BCUT2D eigenvalue weighted by Crippen LogP contribution is -2.31. The van der Waals surface area contributed by atoms with Crippen molar-refractivity contribution in [1.29, 1.82) is 5.26 Å². The molecule has 0 spiro atoms. The van der Waals surface area contributed by atoms with E-state index in [9.17, 15) is 0 Å². The zero-order valence-electron chi connectivity index (χ0n) is 9.35. The van der Waals surface area contributed by atoms with Gasteiger partial charge in [0.15, 0.2) is 0 Å². The van der Waals surface area contributed by atoms with Crippen LogP contribution in [-0.2, 0) is 0 Å². The Bertz CT molecular complexity index is 165. The summed E-state index contributed by atoms with van der Waals surface area (Å²) in [5.74, 6) is 0.743. The molecule has 0 aromatic heterocycles. The highest BCUT2D eigenvalue weighted by Crippen LogP contribution is 2.23. The van der Waals surface area contributed by atoms with Crippen LogP contribution in [0, 0.1) is 22.7 Å². The normalized spacial score (nSPS) is 11.7. The summed E-state index contributed by atoms with van der Waals surface area (Å²) in [6.45, 7) is 10.9. The van der Waals surface area contributed by atoms with Gasteiger partial charge in [-0.25, -0.2) is 0 Å². The van der Waals surface area contributed by atoms with Crippen molar-refractivity contribution < 1.29 is 0 Å². The second kappa shape index (κ2) is 5.99. The molecule has 0 saturated carbocycles. The van der Waals surface area contributed by atoms with Crippen molar-refractivity contribution in [1.82, 2.24) is 5.32 Å². The van der Waals surface area contributed by atoms with Gasteiger partial charge in [-0.2, -0.15) is 5.26 Å². The minimum atomic E-state index is 0.351. The molecule has 13 heavy (non-hydrogen) atoms. The fraction of sp³-hybridized carbons (Fsp3) is 0.909. The number of hydrogen-bond donors (Lipinski definition) is 1. The number of nitrogens with one attached hydrogen (secondary N) is 1. The summed E-state index contributed by atoms with van der Waals surface area (Å²) < 4.78 is 0. The zero-order valence-corrected chi connectivity index (χ0v) is 9.35. The van der Waals surface area contributed by atoms with Crippen LogP contribution >= 0.6 is 0 Å². The van der Waals surface area contributed by atoms with E-state index in [1.165, 1.54) is 6.42 Å². The average Bonchev–Trinajstić information content (AvgIpc) is 1.95. The van der Waals surface area contributed by atoms with Crippen LogP contribution in [0.1, 0.15) is 40.5 Å². The molecule has 0 unspecified atom stereocenters. The Labute approximate surface area is 82.3 Å². The van der Waals surface area contributed by atoms with E-state index in [1.807, 2.05) is 0 Å². The summed E-state index contributed by atoms with van der Waals surface area (Å²) in [6.07, 6.45) is 1.84. The molecule has 0 saturated heterocycles. The molecule has 0 fully saturated rings. The smallest absolute Gasteiger partial charge is 0.0635 e. The molecule has 0 aliphatic carbocycles. The summed E-state index contributed by atoms with van der Waals surface area (Å²) in [5, 5.41) is 11.7. The molecule has 76 valence electrons. The third-order valence-electron chi connectivity index (χ3n) is 1.98. The van der Waals surface area contributed by atoms with Crippen LogP contribution in [0.4, 0.5) is 0 Å². The Balaban J connectivity index is 3.58. The Morgan fingerprint density at radius 3 is 2.46 bits per heavy atom. The molecule has 0 atom stereocenters. The van der Waals surface area contributed by atoms with Gasteiger partial charge in [-0.1, -0.05) is 27.7 Å². The zero-order chi connectivity index (χ0) is 10.3. The van der Waals surface area contributed by atoms with E-state index in [-0.39, 0.29) is 0 Å². The molecule has 0 rings (SSSR count). The molecule has 0 aromatic carbocycles. The van der Waals surface area contributed by atoms with E-state index < -0.39 is 0 Å². The molecule has 0 amide bonds. The highest BCUT2D eigenvalue weighted by Gasteiger charge is 2.18. The van der Waals surface area contributed by atoms with Crippen molar-refractivity contribution >= 4 is 0 Å². The van der Waals surface area contributed by atoms with Crippen molar-refractivity contribution in [2.45, 2.75) is 40.5 Å². The third-order valence-corrected chi connectivity index (χ3v) is 1.98. The maximum atomic E-state index is 8.35. The summed E-state index contributed by atoms with van der Waals surface area (Å²) in [5.41, 5.74) is 0.351. The lowest BCUT2D eigenvalue weighted by atomic mass is 9.84. The minimum absolute atomic E-state index is 0.351. The second-order valence-corrected chi connectivity index (χ2v) is 4.85. The van der Waals surface area contributed by atoms with Crippen LogP contribution in [0.2, 0.25) is 0 Å².